The highest BCUT2D eigenvalue weighted by atomic mass is 79.9. The summed E-state index contributed by atoms with van der Waals surface area (Å²) in [5.41, 5.74) is 7.90. The summed E-state index contributed by atoms with van der Waals surface area (Å²) < 4.78 is 6.62. The zero-order chi connectivity index (χ0) is 14.6. The molecule has 0 bridgehead atoms. The van der Waals surface area contributed by atoms with Gasteiger partial charge in [-0.1, -0.05) is 41.1 Å². The summed E-state index contributed by atoms with van der Waals surface area (Å²) in [6.07, 6.45) is 1.95. The highest BCUT2D eigenvalue weighted by Gasteiger charge is 2.37. The number of ether oxygens (including phenoxy) is 1. The van der Waals surface area contributed by atoms with E-state index in [0.29, 0.717) is 0 Å². The van der Waals surface area contributed by atoms with Crippen molar-refractivity contribution in [1.29, 1.82) is 0 Å². The molecule has 0 spiro atoms. The Balaban J connectivity index is 2.11. The third-order valence-electron chi connectivity index (χ3n) is 4.65. The highest BCUT2D eigenvalue weighted by Crippen LogP contribution is 2.27. The molecule has 112 valence electrons. The van der Waals surface area contributed by atoms with Gasteiger partial charge in [0.05, 0.1) is 13.2 Å². The van der Waals surface area contributed by atoms with Gasteiger partial charge >= 0.3 is 0 Å². The van der Waals surface area contributed by atoms with Gasteiger partial charge in [-0.2, -0.15) is 0 Å². The van der Waals surface area contributed by atoms with E-state index in [0.717, 1.165) is 43.6 Å². The molecule has 20 heavy (non-hydrogen) atoms. The molecule has 0 radical (unpaired) electrons. The molecule has 2 atom stereocenters. The minimum absolute atomic E-state index is 0.0268. The summed E-state index contributed by atoms with van der Waals surface area (Å²) in [5.74, 6) is 0. The molecular weight excluding hydrogens is 316 g/mol. The Bertz CT molecular complexity index is 434. The summed E-state index contributed by atoms with van der Waals surface area (Å²) in [5, 5.41) is 0. The topological polar surface area (TPSA) is 38.5 Å². The maximum atomic E-state index is 6.59. The third-order valence-corrected chi connectivity index (χ3v) is 5.42. The van der Waals surface area contributed by atoms with Crippen molar-refractivity contribution >= 4 is 15.9 Å². The summed E-state index contributed by atoms with van der Waals surface area (Å²) in [4.78, 5) is 2.50. The lowest BCUT2D eigenvalue weighted by Crippen LogP contribution is -2.61. The fourth-order valence-electron chi connectivity index (χ4n) is 2.92. The van der Waals surface area contributed by atoms with Crippen LogP contribution in [0.4, 0.5) is 0 Å². The van der Waals surface area contributed by atoms with Gasteiger partial charge in [-0.3, -0.25) is 4.90 Å². The molecule has 1 aromatic carbocycles. The van der Waals surface area contributed by atoms with Gasteiger partial charge in [-0.15, -0.1) is 0 Å². The van der Waals surface area contributed by atoms with Crippen molar-refractivity contribution in [3.05, 3.63) is 34.3 Å². The van der Waals surface area contributed by atoms with Crippen LogP contribution >= 0.6 is 15.9 Å². The second-order valence-electron chi connectivity index (χ2n) is 5.71. The number of nitrogens with two attached hydrogens (primary N) is 1. The van der Waals surface area contributed by atoms with Gasteiger partial charge < -0.3 is 10.5 Å². The molecule has 1 aliphatic heterocycles. The molecule has 2 rings (SSSR count). The Morgan fingerprint density at radius 2 is 2.00 bits per heavy atom. The molecule has 0 saturated carbocycles. The zero-order valence-electron chi connectivity index (χ0n) is 12.4. The van der Waals surface area contributed by atoms with Gasteiger partial charge in [-0.25, -0.2) is 0 Å². The number of halogens is 1. The first kappa shape index (κ1) is 16.0. The molecule has 4 heteroatoms. The molecule has 3 nitrogen and oxygen atoms in total. The fourth-order valence-corrected chi connectivity index (χ4v) is 3.36. The molecule has 2 unspecified atom stereocenters. The van der Waals surface area contributed by atoms with Crippen LogP contribution in [0.1, 0.15) is 25.8 Å². The lowest BCUT2D eigenvalue weighted by atomic mass is 9.84. The van der Waals surface area contributed by atoms with Crippen molar-refractivity contribution < 1.29 is 4.74 Å². The molecule has 0 aliphatic carbocycles. The molecule has 1 fully saturated rings. The SMILES string of the molecule is CCC(C)(C(N)Cc1ccccc1Br)N1CCOCC1. The summed E-state index contributed by atoms with van der Waals surface area (Å²) >= 11 is 3.62. The van der Waals surface area contributed by atoms with E-state index in [1.165, 1.54) is 5.56 Å². The fraction of sp³-hybridized carbons (Fsp3) is 0.625. The van der Waals surface area contributed by atoms with Crippen LogP contribution in [0.15, 0.2) is 28.7 Å². The molecule has 0 aromatic heterocycles. The van der Waals surface area contributed by atoms with Crippen molar-refractivity contribution in [2.75, 3.05) is 26.3 Å². The summed E-state index contributed by atoms with van der Waals surface area (Å²) in [6, 6.07) is 8.47. The van der Waals surface area contributed by atoms with Crippen molar-refractivity contribution in [1.82, 2.24) is 4.90 Å². The first-order valence-corrected chi connectivity index (χ1v) is 8.19. The van der Waals surface area contributed by atoms with Crippen LogP contribution in [0.2, 0.25) is 0 Å². The minimum atomic E-state index is 0.0268. The highest BCUT2D eigenvalue weighted by molar-refractivity contribution is 9.10. The van der Waals surface area contributed by atoms with E-state index in [1.807, 2.05) is 6.07 Å². The number of morpholine rings is 1. The Hall–Kier alpha value is -0.420. The zero-order valence-corrected chi connectivity index (χ0v) is 14.0. The van der Waals surface area contributed by atoms with Gasteiger partial charge in [0.2, 0.25) is 0 Å². The molecule has 1 saturated heterocycles. The molecule has 1 aliphatic rings. The van der Waals surface area contributed by atoms with Crippen molar-refractivity contribution in [3.63, 3.8) is 0 Å². The number of hydrogen-bond acceptors (Lipinski definition) is 3. The third kappa shape index (κ3) is 3.42. The van der Waals surface area contributed by atoms with Crippen LogP contribution in [-0.4, -0.2) is 42.8 Å². The van der Waals surface area contributed by atoms with Crippen LogP contribution in [0, 0.1) is 0 Å². The number of nitrogens with zero attached hydrogens (tertiary/aromatic N) is 1. The van der Waals surface area contributed by atoms with E-state index in [9.17, 15) is 0 Å². The maximum Gasteiger partial charge on any atom is 0.0594 e. The largest absolute Gasteiger partial charge is 0.379 e. The van der Waals surface area contributed by atoms with Gasteiger partial charge in [0.25, 0.3) is 0 Å². The van der Waals surface area contributed by atoms with Crippen LogP contribution in [0.5, 0.6) is 0 Å². The standard InChI is InChI=1S/C16H25BrN2O/c1-3-16(2,19-8-10-20-11-9-19)15(18)12-13-6-4-5-7-14(13)17/h4-7,15H,3,8-12,18H2,1-2H3. The molecule has 1 heterocycles. The predicted molar refractivity (Wildman–Crippen MR) is 86.9 cm³/mol. The Morgan fingerprint density at radius 3 is 2.60 bits per heavy atom. The summed E-state index contributed by atoms with van der Waals surface area (Å²) in [7, 11) is 0. The van der Waals surface area contributed by atoms with Crippen LogP contribution in [0.25, 0.3) is 0 Å². The molecule has 0 amide bonds. The van der Waals surface area contributed by atoms with Crippen LogP contribution in [-0.2, 0) is 11.2 Å². The quantitative estimate of drug-likeness (QED) is 0.895. The number of hydrogen-bond donors (Lipinski definition) is 1. The smallest absolute Gasteiger partial charge is 0.0594 e. The maximum absolute atomic E-state index is 6.59. The monoisotopic (exact) mass is 340 g/mol. The summed E-state index contributed by atoms with van der Waals surface area (Å²) in [6.45, 7) is 8.12. The second kappa shape index (κ2) is 7.03. The van der Waals surface area contributed by atoms with E-state index < -0.39 is 0 Å². The minimum Gasteiger partial charge on any atom is -0.379 e. The van der Waals surface area contributed by atoms with Crippen molar-refractivity contribution in [3.8, 4) is 0 Å². The number of benzene rings is 1. The molecule has 2 N–H and O–H groups in total. The molecular formula is C16H25BrN2O. The molecule has 1 aromatic rings. The van der Waals surface area contributed by atoms with E-state index in [-0.39, 0.29) is 11.6 Å². The average molecular weight is 341 g/mol. The first-order valence-electron chi connectivity index (χ1n) is 7.39. The van der Waals surface area contributed by atoms with Gasteiger partial charge in [0, 0.05) is 29.1 Å². The first-order chi connectivity index (χ1) is 9.58. The Morgan fingerprint density at radius 1 is 1.35 bits per heavy atom. The van der Waals surface area contributed by atoms with Crippen molar-refractivity contribution in [2.45, 2.75) is 38.3 Å². The Kier molecular flexibility index (Phi) is 5.61. The lowest BCUT2D eigenvalue weighted by Gasteiger charge is -2.46. The van der Waals surface area contributed by atoms with Crippen LogP contribution in [0.3, 0.4) is 0 Å². The van der Waals surface area contributed by atoms with Crippen molar-refractivity contribution in [2.24, 2.45) is 5.73 Å². The van der Waals surface area contributed by atoms with E-state index in [2.05, 4.69) is 52.9 Å². The van der Waals surface area contributed by atoms with Gasteiger partial charge in [0.1, 0.15) is 0 Å². The van der Waals surface area contributed by atoms with E-state index in [4.69, 9.17) is 10.5 Å². The predicted octanol–water partition coefficient (Wildman–Crippen LogP) is 2.82. The van der Waals surface area contributed by atoms with Gasteiger partial charge in [0.15, 0.2) is 0 Å². The van der Waals surface area contributed by atoms with Crippen LogP contribution < -0.4 is 5.73 Å². The Labute approximate surface area is 130 Å². The van der Waals surface area contributed by atoms with Gasteiger partial charge in [-0.05, 0) is 31.4 Å². The average Bonchev–Trinajstić information content (AvgIpc) is 2.49. The van der Waals surface area contributed by atoms with E-state index in [1.54, 1.807) is 0 Å². The van der Waals surface area contributed by atoms with E-state index >= 15 is 0 Å². The normalized spacial score (nSPS) is 21.4. The second-order valence-corrected chi connectivity index (χ2v) is 6.57. The number of rotatable bonds is 5. The lowest BCUT2D eigenvalue weighted by molar-refractivity contribution is -0.0272.